The molecule has 1 heterocycles. The van der Waals surface area contributed by atoms with E-state index >= 15 is 0 Å². The molecule has 3 aromatic rings. The molecule has 1 unspecified atom stereocenters. The first-order chi connectivity index (χ1) is 16.6. The van der Waals surface area contributed by atoms with Gasteiger partial charge in [-0.15, -0.1) is 0 Å². The van der Waals surface area contributed by atoms with Gasteiger partial charge in [-0.3, -0.25) is 15.0 Å². The van der Waals surface area contributed by atoms with E-state index in [2.05, 4.69) is 21.0 Å². The van der Waals surface area contributed by atoms with Crippen LogP contribution in [0.1, 0.15) is 12.5 Å². The van der Waals surface area contributed by atoms with Crippen LogP contribution in [0.2, 0.25) is 0 Å². The van der Waals surface area contributed by atoms with Crippen LogP contribution < -0.4 is 49.8 Å². The summed E-state index contributed by atoms with van der Waals surface area (Å²) in [5, 5.41) is 11.6. The molecule has 0 fully saturated rings. The third kappa shape index (κ3) is 6.09. The van der Waals surface area contributed by atoms with Gasteiger partial charge in [0, 0.05) is 5.69 Å². The van der Waals surface area contributed by atoms with Gasteiger partial charge < -0.3 is 9.87 Å². The van der Waals surface area contributed by atoms with Crippen LogP contribution in [0, 0.1) is 6.92 Å². The topological polar surface area (TPSA) is 147 Å². The van der Waals surface area contributed by atoms with Crippen molar-refractivity contribution in [1.29, 1.82) is 0 Å². The summed E-state index contributed by atoms with van der Waals surface area (Å²) in [6, 6.07) is 18.4. The zero-order valence-corrected chi connectivity index (χ0v) is 22.6. The fraction of sp³-hybridized carbons (Fsp3) is 0.130. The Hall–Kier alpha value is -3.29. The number of hydrogen-bond donors (Lipinski definition) is 2. The Balaban J connectivity index is 0.00000361. The van der Waals surface area contributed by atoms with Crippen LogP contribution in [0.25, 0.3) is 0 Å². The van der Waals surface area contributed by atoms with E-state index in [0.717, 1.165) is 10.7 Å². The number of amides is 1. The molecule has 11 nitrogen and oxygen atoms in total. The molecule has 0 aromatic heterocycles. The molecule has 36 heavy (non-hydrogen) atoms. The number of nitrogens with one attached hydrogen (secondary N) is 2. The summed E-state index contributed by atoms with van der Waals surface area (Å²) < 4.78 is 36.6. The first-order valence-corrected chi connectivity index (χ1v) is 11.8. The van der Waals surface area contributed by atoms with Gasteiger partial charge in [-0.2, -0.15) is 19.8 Å². The van der Waals surface area contributed by atoms with E-state index in [1.807, 2.05) is 0 Å². The molecule has 0 spiro atoms. The Kier molecular flexibility index (Phi) is 8.48. The quantitative estimate of drug-likeness (QED) is 0.203. The maximum absolute atomic E-state index is 12.5. The smallest absolute Gasteiger partial charge is 0.729 e. The van der Waals surface area contributed by atoms with Crippen molar-refractivity contribution in [3.8, 4) is 0 Å². The number of anilines is 4. The third-order valence-corrected chi connectivity index (χ3v) is 5.82. The summed E-state index contributed by atoms with van der Waals surface area (Å²) in [7, 11) is -4.88. The Bertz CT molecular complexity index is 1400. The van der Waals surface area contributed by atoms with Crippen molar-refractivity contribution in [2.75, 3.05) is 20.3 Å². The first kappa shape index (κ1) is 27.3. The number of carbonyl (C=O) groups excluding carboxylic acids is 2. The summed E-state index contributed by atoms with van der Waals surface area (Å²) in [5.74, 6) is -1.10. The van der Waals surface area contributed by atoms with Crippen molar-refractivity contribution in [2.24, 2.45) is 10.2 Å². The van der Waals surface area contributed by atoms with Gasteiger partial charge in [0.2, 0.25) is 16.3 Å². The van der Waals surface area contributed by atoms with Gasteiger partial charge in [0.05, 0.1) is 17.1 Å². The van der Waals surface area contributed by atoms with Gasteiger partial charge in [0.15, 0.2) is 5.78 Å². The molecule has 0 radical (unpaired) electrons. The number of hydrazine groups is 2. The molecule has 0 bridgehead atoms. The molecule has 13 heteroatoms. The number of azo groups is 1. The number of hydrogen-bond acceptors (Lipinski definition) is 9. The van der Waals surface area contributed by atoms with Crippen LogP contribution in [-0.4, -0.2) is 30.7 Å². The second kappa shape index (κ2) is 11.2. The van der Waals surface area contributed by atoms with Crippen molar-refractivity contribution >= 4 is 50.4 Å². The van der Waals surface area contributed by atoms with Gasteiger partial charge >= 0.3 is 29.6 Å². The van der Waals surface area contributed by atoms with Crippen LogP contribution in [0.5, 0.6) is 0 Å². The number of nitrogens with zero attached hydrogens (tertiary/aromatic N) is 4. The number of ketones is 1. The molecule has 1 atom stereocenters. The van der Waals surface area contributed by atoms with Crippen LogP contribution in [0.15, 0.2) is 83.0 Å². The monoisotopic (exact) mass is 516 g/mol. The fourth-order valence-electron chi connectivity index (χ4n) is 3.39. The average Bonchev–Trinajstić information content (AvgIpc) is 3.19. The zero-order chi connectivity index (χ0) is 25.2. The molecule has 0 saturated carbocycles. The number of benzene rings is 3. The van der Waals surface area contributed by atoms with E-state index in [0.29, 0.717) is 27.2 Å². The molecule has 2 N–H and O–H groups in total. The third-order valence-electron chi connectivity index (χ3n) is 5.04. The largest absolute Gasteiger partial charge is 1.00 e. The maximum atomic E-state index is 12.5. The second-order valence-corrected chi connectivity index (χ2v) is 8.95. The summed E-state index contributed by atoms with van der Waals surface area (Å²) in [5.41, 5.74) is 5.50. The van der Waals surface area contributed by atoms with Crippen molar-refractivity contribution in [2.45, 2.75) is 19.9 Å². The number of carbonyl (C=O) groups is 2. The number of fused-ring (bicyclic) bond motifs is 1. The van der Waals surface area contributed by atoms with Crippen molar-refractivity contribution < 1.29 is 52.1 Å². The van der Waals surface area contributed by atoms with Crippen LogP contribution in [-0.2, 0) is 19.9 Å². The first-order valence-electron chi connectivity index (χ1n) is 10.4. The molecular formula is C23H21N6NaO5S. The number of para-hydroxylation sites is 1. The fourth-order valence-corrected chi connectivity index (χ4v) is 4.11. The Morgan fingerprint density at radius 3 is 2.31 bits per heavy atom. The van der Waals surface area contributed by atoms with Crippen LogP contribution in [0.3, 0.4) is 0 Å². The molecule has 0 aliphatic carbocycles. The molecule has 1 aliphatic heterocycles. The van der Waals surface area contributed by atoms with E-state index < -0.39 is 28.0 Å². The van der Waals surface area contributed by atoms with Crippen molar-refractivity contribution in [3.63, 3.8) is 0 Å². The number of aryl methyl sites for hydroxylation is 1. The second-order valence-electron chi connectivity index (χ2n) is 7.75. The standard InChI is InChI=1S/C23H22N6O5S.Na/c1-15-8-13-20-21(14-15)29(35(32,33)34)28(27-20)19-11-9-18(10-12-19)25-26-22(16(2)30)23(31)24-17-6-4-3-5-7-17;/h3-14,22,27H,1-2H3,(H,24,31)(H,32,33,34);/q;+1/p-1. The van der Waals surface area contributed by atoms with Crippen LogP contribution >= 0.6 is 0 Å². The number of Topliss-reactive ketones (excluding diaryl/α,β-unsaturated/α-hetero) is 1. The van der Waals surface area contributed by atoms with E-state index in [1.54, 1.807) is 55.5 Å². The minimum atomic E-state index is -4.88. The predicted octanol–water partition coefficient (Wildman–Crippen LogP) is 0.708. The Labute approximate surface area is 230 Å². The van der Waals surface area contributed by atoms with Gasteiger partial charge in [-0.1, -0.05) is 24.3 Å². The maximum Gasteiger partial charge on any atom is 1.00 e. The van der Waals surface area contributed by atoms with E-state index in [4.69, 9.17) is 0 Å². The van der Waals surface area contributed by atoms with Gasteiger partial charge in [0.1, 0.15) is 5.69 Å². The molecular weight excluding hydrogens is 495 g/mol. The predicted molar refractivity (Wildman–Crippen MR) is 130 cm³/mol. The molecule has 180 valence electrons. The normalized spacial score (nSPS) is 13.5. The summed E-state index contributed by atoms with van der Waals surface area (Å²) in [6.45, 7) is 3.03. The Morgan fingerprint density at radius 2 is 1.69 bits per heavy atom. The van der Waals surface area contributed by atoms with Crippen molar-refractivity contribution in [3.05, 3.63) is 78.4 Å². The SMILES string of the molecule is CC(=O)C(N=Nc1ccc(N2Nc3ccc(C)cc3N2S(=O)(=O)[O-])cc1)C(=O)Nc1ccccc1.[Na+]. The average molecular weight is 517 g/mol. The summed E-state index contributed by atoms with van der Waals surface area (Å²) in [6.07, 6.45) is 0. The summed E-state index contributed by atoms with van der Waals surface area (Å²) >= 11 is 0. The van der Waals surface area contributed by atoms with Gasteiger partial charge in [0.25, 0.3) is 5.91 Å². The molecule has 3 aromatic carbocycles. The molecule has 4 rings (SSSR count). The van der Waals surface area contributed by atoms with Crippen LogP contribution in [0.4, 0.5) is 28.4 Å². The molecule has 1 aliphatic rings. The van der Waals surface area contributed by atoms with Gasteiger partial charge in [-0.05, 0) is 67.9 Å². The molecule has 1 amide bonds. The molecule has 0 saturated heterocycles. The minimum absolute atomic E-state index is 0. The minimum Gasteiger partial charge on any atom is -0.729 e. The Morgan fingerprint density at radius 1 is 1.03 bits per heavy atom. The van der Waals surface area contributed by atoms with E-state index in [9.17, 15) is 22.6 Å². The number of rotatable bonds is 7. The summed E-state index contributed by atoms with van der Waals surface area (Å²) in [4.78, 5) is 24.4. The van der Waals surface area contributed by atoms with Gasteiger partial charge in [-0.25, -0.2) is 8.42 Å². The zero-order valence-electron chi connectivity index (χ0n) is 19.7. The van der Waals surface area contributed by atoms with Crippen molar-refractivity contribution in [1.82, 2.24) is 0 Å². The van der Waals surface area contributed by atoms with E-state index in [1.165, 1.54) is 31.2 Å². The van der Waals surface area contributed by atoms with E-state index in [-0.39, 0.29) is 35.2 Å².